The van der Waals surface area contributed by atoms with Crippen LogP contribution in [0.15, 0.2) is 30.3 Å². The minimum absolute atomic E-state index is 0.403. The summed E-state index contributed by atoms with van der Waals surface area (Å²) >= 11 is 0. The third-order valence-corrected chi connectivity index (χ3v) is 4.57. The average Bonchev–Trinajstić information content (AvgIpc) is 2.60. The maximum absolute atomic E-state index is 10.7. The highest BCUT2D eigenvalue weighted by atomic mass is 16.3. The molecule has 1 N–H and O–H groups in total. The van der Waals surface area contributed by atoms with Crippen molar-refractivity contribution < 1.29 is 5.11 Å². The van der Waals surface area contributed by atoms with E-state index in [0.717, 1.165) is 31.6 Å². The molecule has 0 radical (unpaired) electrons. The quantitative estimate of drug-likeness (QED) is 0.783. The van der Waals surface area contributed by atoms with Gasteiger partial charge in [0.25, 0.3) is 0 Å². The molecule has 0 spiro atoms. The van der Waals surface area contributed by atoms with E-state index in [-0.39, 0.29) is 0 Å². The fourth-order valence-corrected chi connectivity index (χ4v) is 3.14. The lowest BCUT2D eigenvalue weighted by atomic mass is 9.87. The molecule has 0 amide bonds. The van der Waals surface area contributed by atoms with Gasteiger partial charge < -0.3 is 5.11 Å². The predicted molar refractivity (Wildman–Crippen MR) is 76.6 cm³/mol. The van der Waals surface area contributed by atoms with Crippen LogP contribution in [-0.4, -0.2) is 10.7 Å². The summed E-state index contributed by atoms with van der Waals surface area (Å²) in [6, 6.07) is 10.5. The van der Waals surface area contributed by atoms with Gasteiger partial charge in [0.2, 0.25) is 0 Å². The molecule has 2 atom stereocenters. The van der Waals surface area contributed by atoms with Crippen molar-refractivity contribution in [2.75, 3.05) is 0 Å². The summed E-state index contributed by atoms with van der Waals surface area (Å²) in [6.07, 6.45) is 8.92. The van der Waals surface area contributed by atoms with Crippen molar-refractivity contribution >= 4 is 0 Å². The van der Waals surface area contributed by atoms with Crippen LogP contribution in [0, 0.1) is 5.92 Å². The number of benzene rings is 1. The molecule has 2 rings (SSSR count). The summed E-state index contributed by atoms with van der Waals surface area (Å²) in [6.45, 7) is 2.28. The molecule has 0 aliphatic heterocycles. The Morgan fingerprint density at radius 3 is 2.67 bits per heavy atom. The standard InChI is InChI=1S/C17H26O/c1-2-15-9-6-12-17(18,13-10-15)14-11-16-7-4-3-5-8-16/h3-5,7-8,15,18H,2,6,9-14H2,1H3. The van der Waals surface area contributed by atoms with E-state index in [9.17, 15) is 5.11 Å². The first kappa shape index (κ1) is 13.6. The summed E-state index contributed by atoms with van der Waals surface area (Å²) in [5, 5.41) is 10.7. The van der Waals surface area contributed by atoms with Crippen molar-refractivity contribution in [2.24, 2.45) is 5.92 Å². The van der Waals surface area contributed by atoms with E-state index in [0.29, 0.717) is 0 Å². The van der Waals surface area contributed by atoms with E-state index in [4.69, 9.17) is 0 Å². The maximum atomic E-state index is 10.7. The zero-order valence-corrected chi connectivity index (χ0v) is 11.6. The molecule has 1 saturated carbocycles. The van der Waals surface area contributed by atoms with E-state index >= 15 is 0 Å². The van der Waals surface area contributed by atoms with Crippen molar-refractivity contribution in [1.82, 2.24) is 0 Å². The normalized spacial score (nSPS) is 28.9. The minimum atomic E-state index is -0.403. The van der Waals surface area contributed by atoms with Crippen molar-refractivity contribution in [2.45, 2.75) is 63.9 Å². The highest BCUT2D eigenvalue weighted by molar-refractivity contribution is 5.15. The molecule has 1 nitrogen and oxygen atoms in total. The molecule has 0 aromatic heterocycles. The Labute approximate surface area is 111 Å². The van der Waals surface area contributed by atoms with Crippen LogP contribution in [0.25, 0.3) is 0 Å². The Morgan fingerprint density at radius 2 is 1.94 bits per heavy atom. The lowest BCUT2D eigenvalue weighted by molar-refractivity contribution is 0.0157. The van der Waals surface area contributed by atoms with Crippen LogP contribution in [0.4, 0.5) is 0 Å². The molecule has 1 aliphatic rings. The Morgan fingerprint density at radius 1 is 1.17 bits per heavy atom. The van der Waals surface area contributed by atoms with Gasteiger partial charge >= 0.3 is 0 Å². The van der Waals surface area contributed by atoms with Gasteiger partial charge in [0.15, 0.2) is 0 Å². The molecule has 1 aromatic carbocycles. The van der Waals surface area contributed by atoms with Crippen molar-refractivity contribution in [3.05, 3.63) is 35.9 Å². The van der Waals surface area contributed by atoms with Gasteiger partial charge in [-0.25, -0.2) is 0 Å². The zero-order chi connectivity index (χ0) is 12.8. The van der Waals surface area contributed by atoms with Gasteiger partial charge in [-0.15, -0.1) is 0 Å². The first-order chi connectivity index (χ1) is 8.72. The molecule has 0 saturated heterocycles. The molecular weight excluding hydrogens is 220 g/mol. The SMILES string of the molecule is CCC1CCCC(O)(CCc2ccccc2)CC1. The van der Waals surface area contributed by atoms with E-state index in [1.54, 1.807) is 0 Å². The van der Waals surface area contributed by atoms with Gasteiger partial charge in [-0.2, -0.15) is 0 Å². The highest BCUT2D eigenvalue weighted by Gasteiger charge is 2.29. The Bertz CT molecular complexity index is 346. The second-order valence-electron chi connectivity index (χ2n) is 5.92. The lowest BCUT2D eigenvalue weighted by Crippen LogP contribution is -2.28. The highest BCUT2D eigenvalue weighted by Crippen LogP contribution is 2.34. The van der Waals surface area contributed by atoms with Crippen molar-refractivity contribution in [1.29, 1.82) is 0 Å². The molecule has 1 heteroatoms. The molecule has 100 valence electrons. The van der Waals surface area contributed by atoms with Crippen LogP contribution in [0.2, 0.25) is 0 Å². The number of hydrogen-bond acceptors (Lipinski definition) is 1. The van der Waals surface area contributed by atoms with Gasteiger partial charge in [0.05, 0.1) is 5.60 Å². The molecule has 1 fully saturated rings. The summed E-state index contributed by atoms with van der Waals surface area (Å²) in [7, 11) is 0. The van der Waals surface area contributed by atoms with Crippen molar-refractivity contribution in [3.63, 3.8) is 0 Å². The first-order valence-electron chi connectivity index (χ1n) is 7.48. The number of hydrogen-bond donors (Lipinski definition) is 1. The summed E-state index contributed by atoms with van der Waals surface area (Å²) in [5.74, 6) is 0.843. The average molecular weight is 246 g/mol. The number of aliphatic hydroxyl groups is 1. The topological polar surface area (TPSA) is 20.2 Å². The third kappa shape index (κ3) is 3.84. The predicted octanol–water partition coefficient (Wildman–Crippen LogP) is 4.34. The smallest absolute Gasteiger partial charge is 0.0651 e. The second-order valence-corrected chi connectivity index (χ2v) is 5.92. The zero-order valence-electron chi connectivity index (χ0n) is 11.6. The minimum Gasteiger partial charge on any atom is -0.390 e. The van der Waals surface area contributed by atoms with E-state index in [1.165, 1.54) is 31.2 Å². The Kier molecular flexibility index (Phi) is 4.82. The third-order valence-electron chi connectivity index (χ3n) is 4.57. The molecule has 2 unspecified atom stereocenters. The van der Waals surface area contributed by atoms with Gasteiger partial charge in [0, 0.05) is 0 Å². The Hall–Kier alpha value is -0.820. The molecule has 18 heavy (non-hydrogen) atoms. The summed E-state index contributed by atoms with van der Waals surface area (Å²) in [4.78, 5) is 0. The molecule has 1 aliphatic carbocycles. The monoisotopic (exact) mass is 246 g/mol. The lowest BCUT2D eigenvalue weighted by Gasteiger charge is -2.26. The van der Waals surface area contributed by atoms with Gasteiger partial charge in [0.1, 0.15) is 0 Å². The number of rotatable bonds is 4. The van der Waals surface area contributed by atoms with Gasteiger partial charge in [-0.3, -0.25) is 0 Å². The fraction of sp³-hybridized carbons (Fsp3) is 0.647. The van der Waals surface area contributed by atoms with Gasteiger partial charge in [-0.1, -0.05) is 56.5 Å². The van der Waals surface area contributed by atoms with E-state index < -0.39 is 5.60 Å². The van der Waals surface area contributed by atoms with Crippen LogP contribution in [-0.2, 0) is 6.42 Å². The first-order valence-corrected chi connectivity index (χ1v) is 7.48. The summed E-state index contributed by atoms with van der Waals surface area (Å²) in [5.41, 5.74) is 0.946. The molecular formula is C17H26O. The summed E-state index contributed by atoms with van der Waals surface area (Å²) < 4.78 is 0. The van der Waals surface area contributed by atoms with Crippen LogP contribution in [0.5, 0.6) is 0 Å². The largest absolute Gasteiger partial charge is 0.390 e. The molecule has 0 bridgehead atoms. The van der Waals surface area contributed by atoms with Crippen LogP contribution in [0.3, 0.4) is 0 Å². The fourth-order valence-electron chi connectivity index (χ4n) is 3.14. The van der Waals surface area contributed by atoms with E-state index in [1.807, 2.05) is 0 Å². The maximum Gasteiger partial charge on any atom is 0.0651 e. The Balaban J connectivity index is 1.87. The van der Waals surface area contributed by atoms with E-state index in [2.05, 4.69) is 37.3 Å². The van der Waals surface area contributed by atoms with Crippen LogP contribution in [0.1, 0.15) is 57.4 Å². The van der Waals surface area contributed by atoms with Crippen LogP contribution >= 0.6 is 0 Å². The molecule has 1 aromatic rings. The number of aryl methyl sites for hydroxylation is 1. The van der Waals surface area contributed by atoms with Crippen LogP contribution < -0.4 is 0 Å². The molecule has 0 heterocycles. The second kappa shape index (κ2) is 6.38. The van der Waals surface area contributed by atoms with Crippen molar-refractivity contribution in [3.8, 4) is 0 Å². The van der Waals surface area contributed by atoms with Gasteiger partial charge in [-0.05, 0) is 43.6 Å².